The third kappa shape index (κ3) is 2.31. The van der Waals surface area contributed by atoms with Crippen LogP contribution in [0.25, 0.3) is 22.9 Å². The van der Waals surface area contributed by atoms with E-state index >= 15 is 0 Å². The van der Waals surface area contributed by atoms with Crippen LogP contribution in [-0.2, 0) is 0 Å². The average molecular weight is 265 g/mol. The maximum absolute atomic E-state index is 10.7. The number of rotatable bonds is 3. The fraction of sp³-hybridized carbons (Fsp3) is 0. The fourth-order valence-corrected chi connectivity index (χ4v) is 2.04. The quantitative estimate of drug-likeness (QED) is 0.784. The molecule has 0 saturated heterocycles. The van der Waals surface area contributed by atoms with E-state index in [4.69, 9.17) is 9.63 Å². The maximum Gasteiger partial charge on any atom is 0.358 e. The minimum atomic E-state index is -1.10. The largest absolute Gasteiger partial charge is 0.476 e. The second kappa shape index (κ2) is 5.01. The number of carbonyl (C=O) groups is 1. The summed E-state index contributed by atoms with van der Waals surface area (Å²) in [5.74, 6) is -0.686. The molecule has 0 fully saturated rings. The van der Waals surface area contributed by atoms with Gasteiger partial charge in [0.2, 0.25) is 0 Å². The predicted octanol–water partition coefficient (Wildman–Crippen LogP) is 3.70. The minimum absolute atomic E-state index is 0.0948. The Morgan fingerprint density at radius 2 is 1.90 bits per heavy atom. The molecule has 4 heteroatoms. The standard InChI is InChI=1S/C16H11NO3/c18-16(19)15-10-13(20-17-15)9-8-12-6-3-5-11-4-1-2-7-14(11)12/h1-10H,(H,18,19)/b9-8+. The Labute approximate surface area is 114 Å². The molecule has 1 aromatic heterocycles. The van der Waals surface area contributed by atoms with Gasteiger partial charge in [-0.3, -0.25) is 0 Å². The molecule has 1 heterocycles. The first-order valence-corrected chi connectivity index (χ1v) is 6.10. The number of benzene rings is 2. The van der Waals surface area contributed by atoms with E-state index in [2.05, 4.69) is 5.16 Å². The lowest BCUT2D eigenvalue weighted by Gasteiger charge is -2.00. The molecule has 0 saturated carbocycles. The Balaban J connectivity index is 1.96. The number of carboxylic acid groups (broad SMARTS) is 1. The lowest BCUT2D eigenvalue weighted by atomic mass is 10.0. The van der Waals surface area contributed by atoms with Crippen molar-refractivity contribution in [1.82, 2.24) is 5.16 Å². The fourth-order valence-electron chi connectivity index (χ4n) is 2.04. The third-order valence-corrected chi connectivity index (χ3v) is 3.00. The Morgan fingerprint density at radius 1 is 1.10 bits per heavy atom. The van der Waals surface area contributed by atoms with Gasteiger partial charge < -0.3 is 9.63 Å². The third-order valence-electron chi connectivity index (χ3n) is 3.00. The number of aromatic carboxylic acids is 1. The van der Waals surface area contributed by atoms with Crippen LogP contribution in [0.5, 0.6) is 0 Å². The summed E-state index contributed by atoms with van der Waals surface area (Å²) in [5.41, 5.74) is 0.943. The van der Waals surface area contributed by atoms with Crippen molar-refractivity contribution >= 4 is 28.9 Å². The van der Waals surface area contributed by atoms with Crippen LogP contribution in [0.4, 0.5) is 0 Å². The lowest BCUT2D eigenvalue weighted by molar-refractivity contribution is 0.0685. The molecule has 4 nitrogen and oxygen atoms in total. The zero-order valence-electron chi connectivity index (χ0n) is 10.5. The van der Waals surface area contributed by atoms with Gasteiger partial charge in [0.15, 0.2) is 11.5 Å². The zero-order chi connectivity index (χ0) is 13.9. The molecule has 0 aliphatic heterocycles. The normalized spacial score (nSPS) is 11.2. The molecule has 3 aromatic rings. The molecule has 0 amide bonds. The number of carboxylic acids is 1. The van der Waals surface area contributed by atoms with Crippen LogP contribution in [0.2, 0.25) is 0 Å². The molecule has 0 radical (unpaired) electrons. The molecule has 0 unspecified atom stereocenters. The highest BCUT2D eigenvalue weighted by atomic mass is 16.5. The van der Waals surface area contributed by atoms with Gasteiger partial charge in [-0.1, -0.05) is 53.7 Å². The Bertz CT molecular complexity index is 797. The van der Waals surface area contributed by atoms with Crippen molar-refractivity contribution in [2.45, 2.75) is 0 Å². The van der Waals surface area contributed by atoms with E-state index in [1.54, 1.807) is 6.08 Å². The minimum Gasteiger partial charge on any atom is -0.476 e. The first-order valence-electron chi connectivity index (χ1n) is 6.10. The molecule has 20 heavy (non-hydrogen) atoms. The van der Waals surface area contributed by atoms with Crippen molar-refractivity contribution in [3.63, 3.8) is 0 Å². The summed E-state index contributed by atoms with van der Waals surface area (Å²) in [7, 11) is 0. The Morgan fingerprint density at radius 3 is 2.70 bits per heavy atom. The number of hydrogen-bond acceptors (Lipinski definition) is 3. The molecule has 2 aromatic carbocycles. The number of hydrogen-bond donors (Lipinski definition) is 1. The first kappa shape index (κ1) is 12.2. The number of nitrogens with zero attached hydrogens (tertiary/aromatic N) is 1. The van der Waals surface area contributed by atoms with E-state index in [0.717, 1.165) is 16.3 Å². The summed E-state index contributed by atoms with van der Waals surface area (Å²) < 4.78 is 4.94. The summed E-state index contributed by atoms with van der Waals surface area (Å²) in [5, 5.41) is 14.5. The second-order valence-electron chi connectivity index (χ2n) is 4.32. The highest BCUT2D eigenvalue weighted by Gasteiger charge is 2.08. The van der Waals surface area contributed by atoms with Crippen LogP contribution >= 0.6 is 0 Å². The zero-order valence-corrected chi connectivity index (χ0v) is 10.5. The van der Waals surface area contributed by atoms with E-state index in [1.807, 2.05) is 48.5 Å². The van der Waals surface area contributed by atoms with Gasteiger partial charge in [0.05, 0.1) is 0 Å². The summed E-state index contributed by atoms with van der Waals surface area (Å²) in [6.45, 7) is 0. The Hall–Kier alpha value is -2.88. The molecule has 0 aliphatic rings. The predicted molar refractivity (Wildman–Crippen MR) is 76.3 cm³/mol. The van der Waals surface area contributed by atoms with Gasteiger partial charge in [-0.2, -0.15) is 0 Å². The molecule has 0 atom stereocenters. The van der Waals surface area contributed by atoms with Crippen molar-refractivity contribution in [2.75, 3.05) is 0 Å². The second-order valence-corrected chi connectivity index (χ2v) is 4.32. The van der Waals surface area contributed by atoms with Crippen LogP contribution in [-0.4, -0.2) is 16.2 Å². The highest BCUT2D eigenvalue weighted by molar-refractivity contribution is 5.93. The molecular formula is C16H11NO3. The van der Waals surface area contributed by atoms with Gasteiger partial charge in [-0.25, -0.2) is 4.79 Å². The van der Waals surface area contributed by atoms with E-state index < -0.39 is 5.97 Å². The average Bonchev–Trinajstić information content (AvgIpc) is 2.94. The Kier molecular flexibility index (Phi) is 3.05. The SMILES string of the molecule is O=C(O)c1cc(/C=C/c2cccc3ccccc23)on1. The van der Waals surface area contributed by atoms with Crippen molar-refractivity contribution in [2.24, 2.45) is 0 Å². The summed E-state index contributed by atoms with van der Waals surface area (Å²) in [6.07, 6.45) is 3.59. The van der Waals surface area contributed by atoms with E-state index in [9.17, 15) is 4.79 Å². The highest BCUT2D eigenvalue weighted by Crippen LogP contribution is 2.20. The smallest absolute Gasteiger partial charge is 0.358 e. The topological polar surface area (TPSA) is 63.3 Å². The van der Waals surface area contributed by atoms with Crippen LogP contribution in [0.1, 0.15) is 21.8 Å². The van der Waals surface area contributed by atoms with E-state index in [-0.39, 0.29) is 5.69 Å². The van der Waals surface area contributed by atoms with Gasteiger partial charge in [0, 0.05) is 6.07 Å². The summed E-state index contributed by atoms with van der Waals surface area (Å²) >= 11 is 0. The van der Waals surface area contributed by atoms with Crippen molar-refractivity contribution < 1.29 is 14.4 Å². The van der Waals surface area contributed by atoms with Gasteiger partial charge in [-0.15, -0.1) is 0 Å². The molecule has 1 N–H and O–H groups in total. The van der Waals surface area contributed by atoms with Gasteiger partial charge in [0.25, 0.3) is 0 Å². The van der Waals surface area contributed by atoms with Crippen LogP contribution in [0.3, 0.4) is 0 Å². The van der Waals surface area contributed by atoms with Crippen molar-refractivity contribution in [3.05, 3.63) is 65.5 Å². The maximum atomic E-state index is 10.7. The molecular weight excluding hydrogens is 254 g/mol. The van der Waals surface area contributed by atoms with Crippen molar-refractivity contribution in [1.29, 1.82) is 0 Å². The molecule has 98 valence electrons. The van der Waals surface area contributed by atoms with Gasteiger partial charge in [-0.05, 0) is 22.4 Å². The molecule has 0 aliphatic carbocycles. The molecule has 3 rings (SSSR count). The first-order chi connectivity index (χ1) is 9.74. The number of fused-ring (bicyclic) bond motifs is 1. The summed E-state index contributed by atoms with van der Waals surface area (Å²) in [6, 6.07) is 15.5. The van der Waals surface area contributed by atoms with Crippen molar-refractivity contribution in [3.8, 4) is 0 Å². The van der Waals surface area contributed by atoms with Gasteiger partial charge in [0.1, 0.15) is 0 Å². The van der Waals surface area contributed by atoms with Crippen LogP contribution < -0.4 is 0 Å². The summed E-state index contributed by atoms with van der Waals surface area (Å²) in [4.78, 5) is 10.7. The number of aromatic nitrogens is 1. The molecule has 0 bridgehead atoms. The monoisotopic (exact) mass is 265 g/mol. The molecule has 0 spiro atoms. The van der Waals surface area contributed by atoms with Crippen LogP contribution in [0.15, 0.2) is 53.1 Å². The van der Waals surface area contributed by atoms with E-state index in [1.165, 1.54) is 6.07 Å². The van der Waals surface area contributed by atoms with E-state index in [0.29, 0.717) is 5.76 Å². The van der Waals surface area contributed by atoms with Crippen LogP contribution in [0, 0.1) is 0 Å². The van der Waals surface area contributed by atoms with Gasteiger partial charge >= 0.3 is 5.97 Å². The lowest BCUT2D eigenvalue weighted by Crippen LogP contribution is -1.94.